The molecule has 0 bridgehead atoms. The first-order valence-corrected chi connectivity index (χ1v) is 29.7. The monoisotopic (exact) mass is 1010 g/mol. The van der Waals surface area contributed by atoms with Gasteiger partial charge < -0.3 is 24.2 Å². The van der Waals surface area contributed by atoms with E-state index in [0.717, 1.165) is 116 Å². The van der Waals surface area contributed by atoms with E-state index in [1.165, 1.54) is 77.0 Å². The molecule has 0 aromatic heterocycles. The molecular weight excluding hydrogens is 904 g/mol. The van der Waals surface area contributed by atoms with Crippen LogP contribution < -0.4 is 0 Å². The van der Waals surface area contributed by atoms with Crippen LogP contribution in [-0.2, 0) is 42.2 Å². The Morgan fingerprint density at radius 3 is 1.20 bits per heavy atom. The molecule has 0 spiro atoms. The topological polar surface area (TPSA) is 155 Å². The van der Waals surface area contributed by atoms with Gasteiger partial charge in [0.15, 0.2) is 6.10 Å². The first kappa shape index (κ1) is 67.2. The molecule has 0 aliphatic heterocycles. The lowest BCUT2D eigenvalue weighted by Crippen LogP contribution is -2.30. The second-order valence-corrected chi connectivity index (χ2v) is 20.2. The fraction of sp³-hybridized carbons (Fsp3) is 0.776. The lowest BCUT2D eigenvalue weighted by molar-refractivity contribution is -0.161. The molecule has 0 aromatic rings. The van der Waals surface area contributed by atoms with Gasteiger partial charge in [-0.25, -0.2) is 4.57 Å². The van der Waals surface area contributed by atoms with Gasteiger partial charge in [-0.1, -0.05) is 216 Å². The minimum absolute atomic E-state index is 0.148. The van der Waals surface area contributed by atoms with Crippen molar-refractivity contribution in [3.63, 3.8) is 0 Å². The highest BCUT2D eigenvalue weighted by molar-refractivity contribution is 7.47. The Morgan fingerprint density at radius 2 is 0.771 bits per heavy atom. The van der Waals surface area contributed by atoms with Gasteiger partial charge >= 0.3 is 25.7 Å². The van der Waals surface area contributed by atoms with Crippen LogP contribution in [0.2, 0.25) is 0 Å². The summed E-state index contributed by atoms with van der Waals surface area (Å²) < 4.78 is 39.5. The molecule has 3 unspecified atom stereocenters. The molecule has 11 nitrogen and oxygen atoms in total. The van der Waals surface area contributed by atoms with Crippen LogP contribution in [0.3, 0.4) is 0 Å². The molecule has 0 aliphatic rings. The summed E-state index contributed by atoms with van der Waals surface area (Å²) in [6, 6.07) is 0. The van der Waals surface area contributed by atoms with Crippen molar-refractivity contribution in [2.45, 2.75) is 264 Å². The minimum Gasteiger partial charge on any atom is -0.462 e. The molecule has 0 aromatic carbocycles. The van der Waals surface area contributed by atoms with Crippen molar-refractivity contribution in [3.05, 3.63) is 60.8 Å². The number of carbonyl (C=O) groups excluding carboxylic acids is 3. The number of esters is 3. The maximum absolute atomic E-state index is 12.9. The van der Waals surface area contributed by atoms with Crippen LogP contribution in [0.1, 0.15) is 252 Å². The molecule has 406 valence electrons. The average molecular weight is 1010 g/mol. The fourth-order valence-electron chi connectivity index (χ4n) is 7.64. The summed E-state index contributed by atoms with van der Waals surface area (Å²) >= 11 is 0. The quantitative estimate of drug-likeness (QED) is 0.0197. The number of unbranched alkanes of at least 4 members (excludes halogenated alkanes) is 25. The van der Waals surface area contributed by atoms with Gasteiger partial charge in [-0.2, -0.15) is 0 Å². The number of phosphoric ester groups is 1. The van der Waals surface area contributed by atoms with Gasteiger partial charge in [-0.3, -0.25) is 23.4 Å². The van der Waals surface area contributed by atoms with E-state index in [4.69, 9.17) is 23.3 Å². The third-order valence-electron chi connectivity index (χ3n) is 11.9. The normalized spacial score (nSPS) is 13.8. The van der Waals surface area contributed by atoms with Gasteiger partial charge in [0.05, 0.1) is 19.8 Å². The second-order valence-electron chi connectivity index (χ2n) is 18.7. The highest BCUT2D eigenvalue weighted by Crippen LogP contribution is 2.43. The van der Waals surface area contributed by atoms with Crippen molar-refractivity contribution in [2.75, 3.05) is 26.4 Å². The molecule has 3 atom stereocenters. The molecule has 12 heteroatoms. The van der Waals surface area contributed by atoms with Gasteiger partial charge in [0.1, 0.15) is 12.7 Å². The number of rotatable bonds is 52. The molecule has 0 heterocycles. The third kappa shape index (κ3) is 50.1. The Morgan fingerprint density at radius 1 is 0.414 bits per heavy atom. The molecule has 0 rings (SSSR count). The predicted octanol–water partition coefficient (Wildman–Crippen LogP) is 16.4. The van der Waals surface area contributed by atoms with Crippen molar-refractivity contribution >= 4 is 25.7 Å². The van der Waals surface area contributed by atoms with Crippen LogP contribution in [0.4, 0.5) is 0 Å². The lowest BCUT2D eigenvalue weighted by atomic mass is 10.0. The van der Waals surface area contributed by atoms with Gasteiger partial charge in [-0.05, 0) is 77.0 Å². The Hall–Kier alpha value is -2.82. The highest BCUT2D eigenvalue weighted by Gasteiger charge is 2.28. The summed E-state index contributed by atoms with van der Waals surface area (Å²) in [5, 5.41) is 9.79. The second kappa shape index (κ2) is 52.5. The van der Waals surface area contributed by atoms with Crippen molar-refractivity contribution in [3.8, 4) is 0 Å². The molecule has 0 saturated carbocycles. The van der Waals surface area contributed by atoms with Crippen LogP contribution in [0.15, 0.2) is 60.8 Å². The van der Waals surface area contributed by atoms with E-state index in [2.05, 4.69) is 81.5 Å². The molecule has 70 heavy (non-hydrogen) atoms. The zero-order chi connectivity index (χ0) is 51.3. The molecule has 0 fully saturated rings. The molecule has 2 N–H and O–H groups in total. The van der Waals surface area contributed by atoms with E-state index in [0.29, 0.717) is 19.3 Å². The van der Waals surface area contributed by atoms with Crippen LogP contribution >= 0.6 is 7.82 Å². The van der Waals surface area contributed by atoms with E-state index in [1.54, 1.807) is 0 Å². The molecule has 0 aliphatic carbocycles. The SMILES string of the molecule is CC/C=C\C/C=C\C/C=C\CCCCCCCC(=O)OC(COC(=O)CCCCCCCCCCCCCCCCC)COP(=O)(O)OCC(CO)OC(=O)CCCCCCC/C=C\C/C=C\CCC. The first-order chi connectivity index (χ1) is 34.2. The van der Waals surface area contributed by atoms with Gasteiger partial charge in [0.25, 0.3) is 0 Å². The standard InChI is InChI=1S/C58H103O11P/c1-4-7-10-13-16-19-22-25-27-30-32-35-38-41-44-47-56(60)65-51-55(69-58(62)49-46-43-40-37-34-31-28-26-23-20-17-14-11-8-5-2)53-67-70(63,64)66-52-54(50-59)68-57(61)48-45-42-39-36-33-29-24-21-18-15-12-9-6-3/h8,11-12,15,17,20-21,24,26,28,54-55,59H,4-7,9-10,13-14,16,18-19,22-23,25,27,29-53H2,1-3H3,(H,63,64)/b11-8-,15-12-,20-17-,24-21-,28-26-. The summed E-state index contributed by atoms with van der Waals surface area (Å²) in [5.74, 6) is -1.49. The summed E-state index contributed by atoms with van der Waals surface area (Å²) in [6.45, 7) is 4.45. The first-order valence-electron chi connectivity index (χ1n) is 28.2. The van der Waals surface area contributed by atoms with Gasteiger partial charge in [0, 0.05) is 19.3 Å². The van der Waals surface area contributed by atoms with Crippen LogP contribution in [0.5, 0.6) is 0 Å². The summed E-state index contributed by atoms with van der Waals surface area (Å²) in [6.07, 6.45) is 56.1. The number of carbonyl (C=O) groups is 3. The van der Waals surface area contributed by atoms with Crippen molar-refractivity contribution in [2.24, 2.45) is 0 Å². The highest BCUT2D eigenvalue weighted by atomic mass is 31.2. The van der Waals surface area contributed by atoms with E-state index in [1.807, 2.05) is 0 Å². The maximum Gasteiger partial charge on any atom is 0.472 e. The zero-order valence-corrected chi connectivity index (χ0v) is 45.6. The summed E-state index contributed by atoms with van der Waals surface area (Å²) in [5.41, 5.74) is 0. The van der Waals surface area contributed by atoms with E-state index in [9.17, 15) is 28.9 Å². The smallest absolute Gasteiger partial charge is 0.462 e. The summed E-state index contributed by atoms with van der Waals surface area (Å²) in [7, 11) is -4.75. The molecule has 0 amide bonds. The van der Waals surface area contributed by atoms with Crippen molar-refractivity contribution in [1.82, 2.24) is 0 Å². The molecule has 0 saturated heterocycles. The number of ether oxygens (including phenoxy) is 3. The third-order valence-corrected chi connectivity index (χ3v) is 12.9. The Balaban J connectivity index is 4.75. The Kier molecular flexibility index (Phi) is 50.4. The number of aliphatic hydroxyl groups is 1. The minimum atomic E-state index is -4.75. The maximum atomic E-state index is 12.9. The predicted molar refractivity (Wildman–Crippen MR) is 288 cm³/mol. The van der Waals surface area contributed by atoms with E-state index < -0.39 is 57.8 Å². The van der Waals surface area contributed by atoms with Crippen molar-refractivity contribution in [1.29, 1.82) is 0 Å². The average Bonchev–Trinajstić information content (AvgIpc) is 3.35. The van der Waals surface area contributed by atoms with Crippen LogP contribution in [0, 0.1) is 0 Å². The van der Waals surface area contributed by atoms with E-state index in [-0.39, 0.29) is 25.9 Å². The molecule has 0 radical (unpaired) electrons. The lowest BCUT2D eigenvalue weighted by Gasteiger charge is -2.21. The number of aliphatic hydroxyl groups excluding tert-OH is 1. The van der Waals surface area contributed by atoms with Gasteiger partial charge in [0.2, 0.25) is 0 Å². The fourth-order valence-corrected chi connectivity index (χ4v) is 8.43. The summed E-state index contributed by atoms with van der Waals surface area (Å²) in [4.78, 5) is 48.5. The number of hydrogen-bond acceptors (Lipinski definition) is 10. The van der Waals surface area contributed by atoms with Gasteiger partial charge in [-0.15, -0.1) is 0 Å². The van der Waals surface area contributed by atoms with Crippen LogP contribution in [-0.4, -0.2) is 66.5 Å². The Labute approximate surface area is 427 Å². The number of allylic oxidation sites excluding steroid dienone is 10. The van der Waals surface area contributed by atoms with Crippen molar-refractivity contribution < 1.29 is 52.2 Å². The molecular formula is C58H103O11P. The number of hydrogen-bond donors (Lipinski definition) is 2. The van der Waals surface area contributed by atoms with Crippen LogP contribution in [0.25, 0.3) is 0 Å². The number of phosphoric acid groups is 1. The largest absolute Gasteiger partial charge is 0.472 e. The Bertz CT molecular complexity index is 1410. The zero-order valence-electron chi connectivity index (χ0n) is 44.7. The van der Waals surface area contributed by atoms with E-state index >= 15 is 0 Å².